The molecule has 1 amide bonds. The van der Waals surface area contributed by atoms with Crippen LogP contribution in [-0.4, -0.2) is 38.1 Å². The number of amides is 1. The molecule has 106 valence electrons. The van der Waals surface area contributed by atoms with Crippen molar-refractivity contribution < 1.29 is 14.7 Å². The predicted octanol–water partition coefficient (Wildman–Crippen LogP) is 1.13. The van der Waals surface area contributed by atoms with Gasteiger partial charge in [0.2, 0.25) is 0 Å². The third kappa shape index (κ3) is 2.47. The summed E-state index contributed by atoms with van der Waals surface area (Å²) in [4.78, 5) is 25.4. The quantitative estimate of drug-likeness (QED) is 0.893. The van der Waals surface area contributed by atoms with Gasteiger partial charge in [-0.3, -0.25) is 4.79 Å². The maximum atomic E-state index is 12.5. The van der Waals surface area contributed by atoms with Crippen molar-refractivity contribution in [3.8, 4) is 0 Å². The van der Waals surface area contributed by atoms with Crippen molar-refractivity contribution in [3.63, 3.8) is 0 Å². The standard InChI is InChI=1S/C15H13N3O3/c19-14(11-5-6-16-17-8-11)18-9-12-4-2-1-3-10(12)7-13(18)15(20)21/h1-6,8,13H,7,9H2,(H,20,21)/t13-/m1/s1. The van der Waals surface area contributed by atoms with Crippen LogP contribution >= 0.6 is 0 Å². The summed E-state index contributed by atoms with van der Waals surface area (Å²) in [7, 11) is 0. The maximum Gasteiger partial charge on any atom is 0.326 e. The van der Waals surface area contributed by atoms with Gasteiger partial charge >= 0.3 is 5.97 Å². The van der Waals surface area contributed by atoms with Crippen molar-refractivity contribution in [1.82, 2.24) is 15.1 Å². The van der Waals surface area contributed by atoms with E-state index >= 15 is 0 Å². The lowest BCUT2D eigenvalue weighted by atomic mass is 9.93. The van der Waals surface area contributed by atoms with E-state index in [9.17, 15) is 14.7 Å². The average molecular weight is 283 g/mol. The van der Waals surface area contributed by atoms with Gasteiger partial charge in [0.05, 0.1) is 18.0 Å². The van der Waals surface area contributed by atoms with E-state index in [-0.39, 0.29) is 12.5 Å². The lowest BCUT2D eigenvalue weighted by molar-refractivity contribution is -0.142. The van der Waals surface area contributed by atoms with Gasteiger partial charge in [-0.25, -0.2) is 4.79 Å². The highest BCUT2D eigenvalue weighted by Crippen LogP contribution is 2.24. The number of carbonyl (C=O) groups excluding carboxylic acids is 1. The van der Waals surface area contributed by atoms with Crippen LogP contribution in [-0.2, 0) is 17.8 Å². The first-order chi connectivity index (χ1) is 10.2. The fourth-order valence-corrected chi connectivity index (χ4v) is 2.54. The van der Waals surface area contributed by atoms with Gasteiger partial charge < -0.3 is 10.0 Å². The molecular formula is C15H13N3O3. The Balaban J connectivity index is 1.96. The molecule has 6 nitrogen and oxygen atoms in total. The van der Waals surface area contributed by atoms with Crippen LogP contribution in [0.4, 0.5) is 0 Å². The summed E-state index contributed by atoms with van der Waals surface area (Å²) >= 11 is 0. The molecule has 0 saturated carbocycles. The van der Waals surface area contributed by atoms with Crippen molar-refractivity contribution in [2.45, 2.75) is 19.0 Å². The summed E-state index contributed by atoms with van der Waals surface area (Å²) < 4.78 is 0. The van der Waals surface area contributed by atoms with Crippen molar-refractivity contribution >= 4 is 11.9 Å². The lowest BCUT2D eigenvalue weighted by Gasteiger charge is -2.34. The molecule has 0 fully saturated rings. The van der Waals surface area contributed by atoms with Crippen LogP contribution in [0.15, 0.2) is 42.7 Å². The molecule has 1 aliphatic heterocycles. The first-order valence-corrected chi connectivity index (χ1v) is 6.54. The van der Waals surface area contributed by atoms with E-state index in [1.165, 1.54) is 23.4 Å². The van der Waals surface area contributed by atoms with Gasteiger partial charge in [-0.15, -0.1) is 0 Å². The first-order valence-electron chi connectivity index (χ1n) is 6.54. The largest absolute Gasteiger partial charge is 0.480 e. The minimum atomic E-state index is -1.00. The molecule has 1 N–H and O–H groups in total. The summed E-state index contributed by atoms with van der Waals surface area (Å²) in [5.74, 6) is -1.34. The van der Waals surface area contributed by atoms with Gasteiger partial charge in [-0.05, 0) is 17.2 Å². The number of carboxylic acids is 1. The van der Waals surface area contributed by atoms with Gasteiger partial charge in [-0.1, -0.05) is 24.3 Å². The molecule has 1 atom stereocenters. The monoisotopic (exact) mass is 283 g/mol. The minimum absolute atomic E-state index is 0.286. The van der Waals surface area contributed by atoms with E-state index in [4.69, 9.17) is 0 Å². The Labute approximate surface area is 121 Å². The number of nitrogens with zero attached hydrogens (tertiary/aromatic N) is 3. The molecule has 1 aliphatic rings. The second-order valence-electron chi connectivity index (χ2n) is 4.89. The van der Waals surface area contributed by atoms with E-state index < -0.39 is 12.0 Å². The zero-order valence-corrected chi connectivity index (χ0v) is 11.1. The molecule has 2 aromatic rings. The molecule has 0 aliphatic carbocycles. The molecule has 0 bridgehead atoms. The number of carbonyl (C=O) groups is 2. The van der Waals surface area contributed by atoms with Gasteiger partial charge in [0.15, 0.2) is 0 Å². The number of hydrogen-bond donors (Lipinski definition) is 1. The van der Waals surface area contributed by atoms with Gasteiger partial charge in [0.1, 0.15) is 6.04 Å². The number of hydrogen-bond acceptors (Lipinski definition) is 4. The number of rotatable bonds is 2. The van der Waals surface area contributed by atoms with E-state index in [0.29, 0.717) is 12.0 Å². The summed E-state index contributed by atoms with van der Waals surface area (Å²) in [5.41, 5.74) is 2.29. The Morgan fingerprint density at radius 2 is 1.90 bits per heavy atom. The predicted molar refractivity (Wildman–Crippen MR) is 73.5 cm³/mol. The molecular weight excluding hydrogens is 270 g/mol. The molecule has 21 heavy (non-hydrogen) atoms. The molecule has 3 rings (SSSR count). The average Bonchev–Trinajstić information content (AvgIpc) is 2.53. The topological polar surface area (TPSA) is 83.4 Å². The van der Waals surface area contributed by atoms with Gasteiger partial charge in [0, 0.05) is 13.0 Å². The van der Waals surface area contributed by atoms with Crippen LogP contribution in [0.5, 0.6) is 0 Å². The highest BCUT2D eigenvalue weighted by atomic mass is 16.4. The molecule has 1 aromatic heterocycles. The lowest BCUT2D eigenvalue weighted by Crippen LogP contribution is -2.48. The number of aromatic nitrogens is 2. The second kappa shape index (κ2) is 5.32. The summed E-state index contributed by atoms with van der Waals surface area (Å²) in [5, 5.41) is 16.7. The van der Waals surface area contributed by atoms with Crippen LogP contribution in [0.1, 0.15) is 21.5 Å². The van der Waals surface area contributed by atoms with Crippen molar-refractivity contribution in [2.75, 3.05) is 0 Å². The van der Waals surface area contributed by atoms with Gasteiger partial charge in [-0.2, -0.15) is 10.2 Å². The maximum absolute atomic E-state index is 12.5. The van der Waals surface area contributed by atoms with Crippen LogP contribution in [0.2, 0.25) is 0 Å². The normalized spacial score (nSPS) is 17.1. The molecule has 2 heterocycles. The third-order valence-electron chi connectivity index (χ3n) is 3.63. The molecule has 0 saturated heterocycles. The zero-order chi connectivity index (χ0) is 14.8. The highest BCUT2D eigenvalue weighted by Gasteiger charge is 2.34. The Bertz CT molecular complexity index is 688. The van der Waals surface area contributed by atoms with E-state index in [0.717, 1.165) is 11.1 Å². The molecule has 1 aromatic carbocycles. The summed E-state index contributed by atoms with van der Waals surface area (Å²) in [6.45, 7) is 0.286. The van der Waals surface area contributed by atoms with Crippen LogP contribution < -0.4 is 0 Å². The highest BCUT2D eigenvalue weighted by molar-refractivity contribution is 5.96. The first kappa shape index (κ1) is 13.2. The number of benzene rings is 1. The van der Waals surface area contributed by atoms with Crippen molar-refractivity contribution in [3.05, 3.63) is 59.4 Å². The van der Waals surface area contributed by atoms with Crippen LogP contribution in [0.3, 0.4) is 0 Å². The third-order valence-corrected chi connectivity index (χ3v) is 3.63. The fourth-order valence-electron chi connectivity index (χ4n) is 2.54. The van der Waals surface area contributed by atoms with E-state index in [1.54, 1.807) is 0 Å². The number of aliphatic carboxylic acids is 1. The van der Waals surface area contributed by atoms with E-state index in [1.807, 2.05) is 24.3 Å². The SMILES string of the molecule is O=C(O)[C@H]1Cc2ccccc2CN1C(=O)c1ccnnc1. The number of carboxylic acid groups (broad SMARTS) is 1. The van der Waals surface area contributed by atoms with E-state index in [2.05, 4.69) is 10.2 Å². The number of fused-ring (bicyclic) bond motifs is 1. The van der Waals surface area contributed by atoms with Crippen LogP contribution in [0.25, 0.3) is 0 Å². The van der Waals surface area contributed by atoms with Crippen molar-refractivity contribution in [1.29, 1.82) is 0 Å². The fraction of sp³-hybridized carbons (Fsp3) is 0.200. The minimum Gasteiger partial charge on any atom is -0.480 e. The molecule has 0 radical (unpaired) electrons. The summed E-state index contributed by atoms with van der Waals surface area (Å²) in [6, 6.07) is 8.26. The van der Waals surface area contributed by atoms with Crippen LogP contribution in [0, 0.1) is 0 Å². The van der Waals surface area contributed by atoms with Crippen molar-refractivity contribution in [2.24, 2.45) is 0 Å². The van der Waals surface area contributed by atoms with Gasteiger partial charge in [0.25, 0.3) is 5.91 Å². The zero-order valence-electron chi connectivity index (χ0n) is 11.1. The molecule has 6 heteroatoms. The Morgan fingerprint density at radius 3 is 2.57 bits per heavy atom. The Hall–Kier alpha value is -2.76. The smallest absolute Gasteiger partial charge is 0.326 e. The Kier molecular flexibility index (Phi) is 3.35. The second-order valence-corrected chi connectivity index (χ2v) is 4.89. The Morgan fingerprint density at radius 1 is 1.14 bits per heavy atom. The molecule has 0 spiro atoms. The summed E-state index contributed by atoms with van der Waals surface area (Å²) in [6.07, 6.45) is 3.08. The molecule has 0 unspecified atom stereocenters.